The van der Waals surface area contributed by atoms with Crippen LogP contribution in [0.5, 0.6) is 11.6 Å². The maximum absolute atomic E-state index is 8.17. The van der Waals surface area contributed by atoms with Gasteiger partial charge in [-0.2, -0.15) is 0 Å². The van der Waals surface area contributed by atoms with Crippen molar-refractivity contribution < 1.29 is 17.1 Å². The Morgan fingerprint density at radius 3 is 1.98 bits per heavy atom. The first kappa shape index (κ1) is 25.2. The van der Waals surface area contributed by atoms with Crippen LogP contribution >= 0.6 is 0 Å². The first-order chi connectivity index (χ1) is 28.9. The second-order valence-corrected chi connectivity index (χ2v) is 15.7. The maximum atomic E-state index is 8.17. The van der Waals surface area contributed by atoms with Crippen molar-refractivity contribution in [1.29, 1.82) is 0 Å². The molecule has 1 aliphatic rings. The van der Waals surface area contributed by atoms with Crippen LogP contribution in [0.4, 0.5) is 22.7 Å². The summed E-state index contributed by atoms with van der Waals surface area (Å²) in [6, 6.07) is 37.0. The normalized spacial score (nSPS) is 16.5. The Hall–Kier alpha value is -5.84. The summed E-state index contributed by atoms with van der Waals surface area (Å²) in [5.74, 6) is 1.73. The van der Waals surface area contributed by atoms with Gasteiger partial charge in [0.05, 0.1) is 17.1 Å². The monoisotopic (exact) mass is 706 g/mol. The van der Waals surface area contributed by atoms with Gasteiger partial charge in [-0.15, -0.1) is 0 Å². The van der Waals surface area contributed by atoms with Crippen molar-refractivity contribution in [1.82, 2.24) is 23.7 Å². The van der Waals surface area contributed by atoms with Crippen LogP contribution in [0.15, 0.2) is 122 Å². The minimum Gasteiger partial charge on any atom is -0.439 e. The minimum absolute atomic E-state index is 0.0778. The number of fused-ring (bicyclic) bond motifs is 4. The van der Waals surface area contributed by atoms with Gasteiger partial charge in [0.1, 0.15) is 11.6 Å². The molecular formula is C47H47N5O+2. The molecule has 0 saturated carbocycles. The summed E-state index contributed by atoms with van der Waals surface area (Å²) in [4.78, 5) is 9.60. The molecule has 0 fully saturated rings. The van der Waals surface area contributed by atoms with Gasteiger partial charge in [0.25, 0.3) is 11.4 Å². The van der Waals surface area contributed by atoms with Gasteiger partial charge in [0, 0.05) is 71.9 Å². The fraction of sp³-hybridized carbons (Fsp3) is 0.255. The lowest BCUT2D eigenvalue weighted by atomic mass is 9.86. The third kappa shape index (κ3) is 6.34. The number of benzene rings is 4. The SMILES string of the molecule is [2H]C([2H])([2H])C(c1ccc([N+]2=C=[N+](c3cc(Oc4cc5c(cn4)c4ccccc4n5-c4cc(C(C)(C)C)ccn4)cc(C(C)(C)C)c3)c3ccccc32)cc1)(C([2H])([2H])[2H])C([2H])([2H])[2H]. The van der Waals surface area contributed by atoms with E-state index in [1.165, 1.54) is 24.3 Å². The van der Waals surface area contributed by atoms with Crippen molar-refractivity contribution in [3.63, 3.8) is 0 Å². The number of pyridine rings is 2. The lowest BCUT2D eigenvalue weighted by Gasteiger charge is -2.20. The third-order valence-corrected chi connectivity index (χ3v) is 9.73. The molecule has 7 aromatic rings. The molecule has 8 rings (SSSR count). The van der Waals surface area contributed by atoms with Gasteiger partial charge in [-0.3, -0.25) is 4.57 Å². The van der Waals surface area contributed by atoms with Gasteiger partial charge in [-0.25, -0.2) is 9.97 Å². The Morgan fingerprint density at radius 1 is 0.604 bits per heavy atom. The molecule has 1 aliphatic heterocycles. The summed E-state index contributed by atoms with van der Waals surface area (Å²) in [5, 5.41) is 2.01. The van der Waals surface area contributed by atoms with Crippen LogP contribution in [0.2, 0.25) is 0 Å². The number of rotatable bonds is 5. The van der Waals surface area contributed by atoms with Crippen LogP contribution in [0, 0.1) is 0 Å². The second kappa shape index (κ2) is 12.4. The van der Waals surface area contributed by atoms with E-state index in [1.54, 1.807) is 4.58 Å². The Morgan fingerprint density at radius 2 is 1.28 bits per heavy atom. The fourth-order valence-corrected chi connectivity index (χ4v) is 6.78. The Labute approximate surface area is 325 Å². The second-order valence-electron chi connectivity index (χ2n) is 15.7. The zero-order valence-electron chi connectivity index (χ0n) is 39.7. The van der Waals surface area contributed by atoms with Crippen molar-refractivity contribution in [3.05, 3.63) is 138 Å². The standard InChI is InChI=1S/C47H47N5O/c1-45(2,3)31-18-20-34(21-19-31)50-30-51(41-17-13-12-16-40(41)50)35-24-33(47(7,8)9)25-36(27-35)53-44-28-42-38(29-49-44)37-14-10-11-15-39(37)52(42)43-26-32(22-23-48-43)46(4,5)6/h10-29H,1-9H3/q+2/i1D3,2D3,3D3. The molecule has 0 amide bonds. The number of hydrogen-bond donors (Lipinski definition) is 0. The van der Waals surface area contributed by atoms with E-state index in [9.17, 15) is 0 Å². The molecule has 0 saturated heterocycles. The highest BCUT2D eigenvalue weighted by Crippen LogP contribution is 2.40. The quantitative estimate of drug-likeness (QED) is 0.167. The van der Waals surface area contributed by atoms with Crippen LogP contribution in [0.25, 0.3) is 27.6 Å². The fourth-order valence-electron chi connectivity index (χ4n) is 6.78. The number of nitrogens with zero attached hydrogens (tertiary/aromatic N) is 5. The van der Waals surface area contributed by atoms with E-state index in [4.69, 9.17) is 27.0 Å². The molecule has 6 nitrogen and oxygen atoms in total. The first-order valence-corrected chi connectivity index (χ1v) is 17.7. The first-order valence-electron chi connectivity index (χ1n) is 22.2. The number of ether oxygens (including phenoxy) is 1. The molecule has 0 bridgehead atoms. The van der Waals surface area contributed by atoms with Gasteiger partial charge < -0.3 is 4.74 Å². The van der Waals surface area contributed by atoms with Crippen molar-refractivity contribution in [3.8, 4) is 17.4 Å². The van der Waals surface area contributed by atoms with Crippen LogP contribution < -0.4 is 13.9 Å². The average Bonchev–Trinajstić information content (AvgIpc) is 3.72. The van der Waals surface area contributed by atoms with E-state index in [1.807, 2.05) is 77.6 Å². The lowest BCUT2D eigenvalue weighted by Crippen LogP contribution is -2.12. The Balaban J connectivity index is 1.25. The molecule has 4 aromatic carbocycles. The summed E-state index contributed by atoms with van der Waals surface area (Å²) in [6.07, 6.45) is 3.69. The number of hydrogen-bond acceptors (Lipinski definition) is 3. The molecule has 264 valence electrons. The Kier molecular flexibility index (Phi) is 5.89. The van der Waals surface area contributed by atoms with Gasteiger partial charge >= 0.3 is 6.01 Å². The Bertz CT molecular complexity index is 2920. The summed E-state index contributed by atoms with van der Waals surface area (Å²) >= 11 is 0. The predicted octanol–water partition coefficient (Wildman–Crippen LogP) is 12.1. The molecule has 0 radical (unpaired) electrons. The maximum Gasteiger partial charge on any atom is 0.503 e. The molecule has 4 heterocycles. The zero-order chi connectivity index (χ0) is 44.8. The third-order valence-electron chi connectivity index (χ3n) is 9.73. The zero-order valence-corrected chi connectivity index (χ0v) is 30.7. The summed E-state index contributed by atoms with van der Waals surface area (Å²) in [5.41, 5.74) is 3.01. The van der Waals surface area contributed by atoms with Gasteiger partial charge in [0.15, 0.2) is 0 Å². The van der Waals surface area contributed by atoms with Gasteiger partial charge in [-0.1, -0.05) is 105 Å². The summed E-state index contributed by atoms with van der Waals surface area (Å²) < 4.78 is 86.0. The molecular weight excluding hydrogens is 651 g/mol. The smallest absolute Gasteiger partial charge is 0.439 e. The van der Waals surface area contributed by atoms with E-state index < -0.39 is 26.0 Å². The molecule has 0 aliphatic carbocycles. The van der Waals surface area contributed by atoms with Crippen molar-refractivity contribution in [2.75, 3.05) is 0 Å². The highest BCUT2D eigenvalue weighted by atomic mass is 16.5. The topological polar surface area (TPSA) is 46.0 Å². The van der Waals surface area contributed by atoms with Crippen LogP contribution in [0.1, 0.15) is 91.1 Å². The van der Waals surface area contributed by atoms with E-state index in [0.717, 1.165) is 55.8 Å². The molecule has 0 atom stereocenters. The van der Waals surface area contributed by atoms with Crippen molar-refractivity contribution >= 4 is 50.6 Å². The number of aromatic nitrogens is 3. The van der Waals surface area contributed by atoms with Crippen LogP contribution in [-0.2, 0) is 16.2 Å². The lowest BCUT2D eigenvalue weighted by molar-refractivity contribution is 0.460. The predicted molar refractivity (Wildman–Crippen MR) is 220 cm³/mol. The van der Waals surface area contributed by atoms with E-state index in [-0.39, 0.29) is 16.4 Å². The van der Waals surface area contributed by atoms with Crippen LogP contribution in [-0.4, -0.2) is 20.5 Å². The summed E-state index contributed by atoms with van der Waals surface area (Å²) in [7, 11) is 0. The largest absolute Gasteiger partial charge is 0.503 e. The van der Waals surface area contributed by atoms with Gasteiger partial charge in [0.2, 0.25) is 17.3 Å². The number of para-hydroxylation sites is 3. The molecule has 0 unspecified atom stereocenters. The highest BCUT2D eigenvalue weighted by Gasteiger charge is 2.37. The molecule has 3 aromatic heterocycles. The van der Waals surface area contributed by atoms with Gasteiger partial charge in [-0.05, 0) is 66.4 Å². The van der Waals surface area contributed by atoms with Crippen molar-refractivity contribution in [2.45, 2.75) is 78.3 Å². The van der Waals surface area contributed by atoms with Crippen molar-refractivity contribution in [2.24, 2.45) is 0 Å². The summed E-state index contributed by atoms with van der Waals surface area (Å²) in [6.45, 7) is 2.80. The molecule has 0 N–H and O–H groups in total. The minimum atomic E-state index is -3.37. The average molecular weight is 707 g/mol. The van der Waals surface area contributed by atoms with Crippen LogP contribution in [0.3, 0.4) is 0 Å². The van der Waals surface area contributed by atoms with E-state index in [2.05, 4.69) is 76.4 Å². The molecule has 53 heavy (non-hydrogen) atoms. The van der Waals surface area contributed by atoms with E-state index in [0.29, 0.717) is 17.3 Å². The molecule has 0 spiro atoms. The molecule has 6 heteroatoms. The van der Waals surface area contributed by atoms with E-state index >= 15 is 0 Å². The highest BCUT2D eigenvalue weighted by molar-refractivity contribution is 6.09.